The molecule has 1 heterocycles. The zero-order valence-electron chi connectivity index (χ0n) is 16.5. The molecular weight excluding hydrogens is 380 g/mol. The number of carbonyl (C=O) groups is 2. The van der Waals surface area contributed by atoms with Gasteiger partial charge >= 0.3 is 5.97 Å². The lowest BCUT2D eigenvalue weighted by molar-refractivity contribution is 0.0735. The molecule has 0 atom stereocenters. The highest BCUT2D eigenvalue weighted by Crippen LogP contribution is 2.28. The molecule has 0 aliphatic heterocycles. The Labute approximate surface area is 172 Å². The molecule has 148 valence electrons. The van der Waals surface area contributed by atoms with Gasteiger partial charge in [0.25, 0.3) is 0 Å². The third kappa shape index (κ3) is 3.53. The lowest BCUT2D eigenvalue weighted by atomic mass is 10.0. The number of hydrogen-bond acceptors (Lipinski definition) is 5. The van der Waals surface area contributed by atoms with Crippen LogP contribution in [0.5, 0.6) is 5.75 Å². The summed E-state index contributed by atoms with van der Waals surface area (Å²) >= 11 is 0. The third-order valence-electron chi connectivity index (χ3n) is 4.87. The zero-order chi connectivity index (χ0) is 21.3. The van der Waals surface area contributed by atoms with Crippen molar-refractivity contribution in [2.24, 2.45) is 0 Å². The molecule has 0 fully saturated rings. The van der Waals surface area contributed by atoms with E-state index in [1.54, 1.807) is 49.4 Å². The SMILES string of the molecule is CC(=O)c1ccc(OC(=O)c2cccc3c(=O)c(C)c(-c4ccccc4)oc23)cc1. The first-order chi connectivity index (χ1) is 14.5. The summed E-state index contributed by atoms with van der Waals surface area (Å²) < 4.78 is 11.5. The molecule has 5 heteroatoms. The standard InChI is InChI=1S/C25H18O5/c1-15-22(27)20-9-6-10-21(24(20)30-23(15)18-7-4-3-5-8-18)25(28)29-19-13-11-17(12-14-19)16(2)26/h3-14H,1-2H3. The van der Waals surface area contributed by atoms with Crippen LogP contribution in [0.3, 0.4) is 0 Å². The molecule has 3 aromatic carbocycles. The van der Waals surface area contributed by atoms with Gasteiger partial charge < -0.3 is 9.15 Å². The van der Waals surface area contributed by atoms with Crippen molar-refractivity contribution in [2.45, 2.75) is 13.8 Å². The monoisotopic (exact) mass is 398 g/mol. The summed E-state index contributed by atoms with van der Waals surface area (Å²) in [6.07, 6.45) is 0. The molecule has 0 saturated carbocycles. The van der Waals surface area contributed by atoms with E-state index in [1.807, 2.05) is 30.3 Å². The molecular formula is C25H18O5. The average Bonchev–Trinajstić information content (AvgIpc) is 2.76. The lowest BCUT2D eigenvalue weighted by Crippen LogP contribution is -2.13. The van der Waals surface area contributed by atoms with Gasteiger partial charge in [-0.15, -0.1) is 0 Å². The van der Waals surface area contributed by atoms with E-state index in [2.05, 4.69) is 0 Å². The van der Waals surface area contributed by atoms with Crippen LogP contribution in [-0.2, 0) is 0 Å². The molecule has 0 bridgehead atoms. The first kappa shape index (κ1) is 19.3. The third-order valence-corrected chi connectivity index (χ3v) is 4.87. The van der Waals surface area contributed by atoms with E-state index in [9.17, 15) is 14.4 Å². The Morgan fingerprint density at radius 1 is 0.867 bits per heavy atom. The molecule has 30 heavy (non-hydrogen) atoms. The van der Waals surface area contributed by atoms with Crippen LogP contribution in [0.1, 0.15) is 33.2 Å². The van der Waals surface area contributed by atoms with E-state index in [0.29, 0.717) is 28.0 Å². The average molecular weight is 398 g/mol. The van der Waals surface area contributed by atoms with E-state index in [-0.39, 0.29) is 22.4 Å². The summed E-state index contributed by atoms with van der Waals surface area (Å²) in [6, 6.07) is 20.3. The highest BCUT2D eigenvalue weighted by molar-refractivity contribution is 6.03. The quantitative estimate of drug-likeness (QED) is 0.269. The lowest BCUT2D eigenvalue weighted by Gasteiger charge is -2.10. The van der Waals surface area contributed by atoms with Gasteiger partial charge in [0, 0.05) is 16.7 Å². The maximum Gasteiger partial charge on any atom is 0.347 e. The van der Waals surface area contributed by atoms with Gasteiger partial charge in [0.15, 0.2) is 16.8 Å². The maximum atomic E-state index is 12.9. The molecule has 0 aliphatic rings. The summed E-state index contributed by atoms with van der Waals surface area (Å²) in [5.74, 6) is -0.0198. The van der Waals surface area contributed by atoms with Crippen LogP contribution in [0, 0.1) is 6.92 Å². The van der Waals surface area contributed by atoms with Crippen LogP contribution in [0.2, 0.25) is 0 Å². The minimum absolute atomic E-state index is 0.0764. The number of ether oxygens (including phenoxy) is 1. The van der Waals surface area contributed by atoms with Gasteiger partial charge in [0.1, 0.15) is 17.1 Å². The number of carbonyl (C=O) groups excluding carboxylic acids is 2. The fourth-order valence-corrected chi connectivity index (χ4v) is 3.25. The Kier molecular flexibility index (Phi) is 5.02. The van der Waals surface area contributed by atoms with Crippen LogP contribution >= 0.6 is 0 Å². The van der Waals surface area contributed by atoms with Gasteiger partial charge in [0.05, 0.1) is 5.39 Å². The number of hydrogen-bond donors (Lipinski definition) is 0. The van der Waals surface area contributed by atoms with Crippen LogP contribution in [0.15, 0.2) is 82.0 Å². The summed E-state index contributed by atoms with van der Waals surface area (Å²) in [6.45, 7) is 3.17. The van der Waals surface area contributed by atoms with Gasteiger partial charge in [-0.2, -0.15) is 0 Å². The largest absolute Gasteiger partial charge is 0.455 e. The summed E-state index contributed by atoms with van der Waals surface area (Å²) in [5, 5.41) is 0.313. The smallest absolute Gasteiger partial charge is 0.347 e. The van der Waals surface area contributed by atoms with Crippen molar-refractivity contribution in [2.75, 3.05) is 0 Å². The Morgan fingerprint density at radius 2 is 1.57 bits per heavy atom. The van der Waals surface area contributed by atoms with Gasteiger partial charge in [-0.25, -0.2) is 4.79 Å². The summed E-state index contributed by atoms with van der Waals surface area (Å²) in [5.41, 5.74) is 1.87. The predicted octanol–water partition coefficient (Wildman–Crippen LogP) is 5.19. The fourth-order valence-electron chi connectivity index (χ4n) is 3.25. The molecule has 0 aliphatic carbocycles. The van der Waals surface area contributed by atoms with Crippen LogP contribution in [0.4, 0.5) is 0 Å². The molecule has 5 nitrogen and oxygen atoms in total. The molecule has 4 rings (SSSR count). The molecule has 0 N–H and O–H groups in total. The predicted molar refractivity (Wildman–Crippen MR) is 114 cm³/mol. The van der Waals surface area contributed by atoms with Gasteiger partial charge in [-0.3, -0.25) is 9.59 Å². The normalized spacial score (nSPS) is 10.7. The topological polar surface area (TPSA) is 73.6 Å². The maximum absolute atomic E-state index is 12.9. The van der Waals surface area contributed by atoms with Crippen molar-refractivity contribution in [1.29, 1.82) is 0 Å². The zero-order valence-corrected chi connectivity index (χ0v) is 16.5. The molecule has 4 aromatic rings. The van der Waals surface area contributed by atoms with Crippen LogP contribution in [0.25, 0.3) is 22.3 Å². The second kappa shape index (κ2) is 7.79. The number of benzene rings is 3. The Morgan fingerprint density at radius 3 is 2.23 bits per heavy atom. The molecule has 0 radical (unpaired) electrons. The number of ketones is 1. The van der Waals surface area contributed by atoms with Crippen molar-refractivity contribution in [3.8, 4) is 17.1 Å². The first-order valence-electron chi connectivity index (χ1n) is 9.40. The van der Waals surface area contributed by atoms with E-state index in [4.69, 9.17) is 9.15 Å². The Hall–Kier alpha value is -3.99. The summed E-state index contributed by atoms with van der Waals surface area (Å²) in [7, 11) is 0. The van der Waals surface area contributed by atoms with Gasteiger partial charge in [-0.1, -0.05) is 36.4 Å². The number of esters is 1. The number of rotatable bonds is 4. The van der Waals surface area contributed by atoms with Gasteiger partial charge in [0.2, 0.25) is 0 Å². The van der Waals surface area contributed by atoms with E-state index in [1.165, 1.54) is 6.92 Å². The van der Waals surface area contributed by atoms with E-state index in [0.717, 1.165) is 5.56 Å². The highest BCUT2D eigenvalue weighted by atomic mass is 16.5. The molecule has 1 aromatic heterocycles. The van der Waals surface area contributed by atoms with E-state index >= 15 is 0 Å². The Bertz CT molecular complexity index is 1320. The Balaban J connectivity index is 1.79. The molecule has 0 spiro atoms. The van der Waals surface area contributed by atoms with Crippen LogP contribution < -0.4 is 10.2 Å². The summed E-state index contributed by atoms with van der Waals surface area (Å²) in [4.78, 5) is 37.2. The molecule has 0 unspecified atom stereocenters. The molecule has 0 amide bonds. The van der Waals surface area contributed by atoms with Crippen LogP contribution in [-0.4, -0.2) is 11.8 Å². The van der Waals surface area contributed by atoms with Crippen molar-refractivity contribution in [3.63, 3.8) is 0 Å². The second-order valence-electron chi connectivity index (χ2n) is 6.90. The van der Waals surface area contributed by atoms with E-state index < -0.39 is 5.97 Å². The van der Waals surface area contributed by atoms with Crippen molar-refractivity contribution >= 4 is 22.7 Å². The number of para-hydroxylation sites is 1. The van der Waals surface area contributed by atoms with Crippen molar-refractivity contribution in [1.82, 2.24) is 0 Å². The first-order valence-corrected chi connectivity index (χ1v) is 9.40. The minimum atomic E-state index is -0.651. The fraction of sp³-hybridized carbons (Fsp3) is 0.0800. The molecule has 0 saturated heterocycles. The highest BCUT2D eigenvalue weighted by Gasteiger charge is 2.19. The van der Waals surface area contributed by atoms with Gasteiger partial charge in [-0.05, 0) is 50.2 Å². The van der Waals surface area contributed by atoms with Crippen molar-refractivity contribution < 1.29 is 18.7 Å². The second-order valence-corrected chi connectivity index (χ2v) is 6.90. The minimum Gasteiger partial charge on any atom is -0.455 e. The number of fused-ring (bicyclic) bond motifs is 1. The van der Waals surface area contributed by atoms with Crippen molar-refractivity contribution in [3.05, 3.63) is 99.7 Å². The number of Topliss-reactive ketones (excluding diaryl/α,β-unsaturated/α-hetero) is 1.